The van der Waals surface area contributed by atoms with Gasteiger partial charge in [-0.15, -0.1) is 0 Å². The SMILES string of the molecule is COc1ccccc1NC(=O)C1(C(=O)N2CCOCC2)CC1. The largest absolute Gasteiger partial charge is 0.495 e. The van der Waals surface area contributed by atoms with Crippen LogP contribution in [0.2, 0.25) is 0 Å². The number of benzene rings is 1. The molecule has 1 aliphatic carbocycles. The molecule has 2 amide bonds. The number of amides is 2. The van der Waals surface area contributed by atoms with Crippen LogP contribution in [0.25, 0.3) is 0 Å². The summed E-state index contributed by atoms with van der Waals surface area (Å²) in [6, 6.07) is 7.20. The first-order valence-electron chi connectivity index (χ1n) is 7.49. The number of carbonyl (C=O) groups excluding carboxylic acids is 2. The number of morpholine rings is 1. The van der Waals surface area contributed by atoms with Crippen LogP contribution in [-0.4, -0.2) is 50.1 Å². The maximum atomic E-state index is 12.6. The van der Waals surface area contributed by atoms with Crippen LogP contribution < -0.4 is 10.1 Å². The smallest absolute Gasteiger partial charge is 0.240 e. The predicted octanol–water partition coefficient (Wildman–Crippen LogP) is 1.27. The Morgan fingerprint density at radius 3 is 2.55 bits per heavy atom. The van der Waals surface area contributed by atoms with Gasteiger partial charge in [0.25, 0.3) is 0 Å². The van der Waals surface area contributed by atoms with Gasteiger partial charge in [0.05, 0.1) is 26.0 Å². The number of methoxy groups -OCH3 is 1. The first-order chi connectivity index (χ1) is 10.7. The summed E-state index contributed by atoms with van der Waals surface area (Å²) in [5, 5.41) is 2.84. The minimum Gasteiger partial charge on any atom is -0.495 e. The van der Waals surface area contributed by atoms with Gasteiger partial charge in [-0.1, -0.05) is 12.1 Å². The molecule has 1 aromatic carbocycles. The fraction of sp³-hybridized carbons (Fsp3) is 0.500. The van der Waals surface area contributed by atoms with Crippen molar-refractivity contribution in [3.8, 4) is 5.75 Å². The van der Waals surface area contributed by atoms with Crippen LogP contribution in [-0.2, 0) is 14.3 Å². The van der Waals surface area contributed by atoms with Crippen LogP contribution in [0.4, 0.5) is 5.69 Å². The van der Waals surface area contributed by atoms with Gasteiger partial charge in [0.1, 0.15) is 11.2 Å². The summed E-state index contributed by atoms with van der Waals surface area (Å²) in [7, 11) is 1.55. The van der Waals surface area contributed by atoms with E-state index in [-0.39, 0.29) is 11.8 Å². The van der Waals surface area contributed by atoms with E-state index in [9.17, 15) is 9.59 Å². The Hall–Kier alpha value is -2.08. The molecule has 0 unspecified atom stereocenters. The third-order valence-corrected chi connectivity index (χ3v) is 4.25. The second-order valence-corrected chi connectivity index (χ2v) is 5.64. The van der Waals surface area contributed by atoms with Crippen LogP contribution in [0.1, 0.15) is 12.8 Å². The molecule has 1 saturated heterocycles. The summed E-state index contributed by atoms with van der Waals surface area (Å²) >= 11 is 0. The average Bonchev–Trinajstić information content (AvgIpc) is 3.37. The Morgan fingerprint density at radius 1 is 1.23 bits per heavy atom. The molecule has 2 aliphatic rings. The van der Waals surface area contributed by atoms with Crippen molar-refractivity contribution in [2.24, 2.45) is 5.41 Å². The highest BCUT2D eigenvalue weighted by Crippen LogP contribution is 2.48. The Morgan fingerprint density at radius 2 is 1.91 bits per heavy atom. The van der Waals surface area contributed by atoms with Crippen molar-refractivity contribution < 1.29 is 19.1 Å². The minimum atomic E-state index is -0.905. The van der Waals surface area contributed by atoms with Gasteiger partial charge < -0.3 is 19.7 Å². The lowest BCUT2D eigenvalue weighted by atomic mass is 10.0. The Balaban J connectivity index is 1.72. The van der Waals surface area contributed by atoms with E-state index in [0.717, 1.165) is 0 Å². The van der Waals surface area contributed by atoms with Gasteiger partial charge in [-0.3, -0.25) is 9.59 Å². The Kier molecular flexibility index (Phi) is 4.02. The molecular formula is C16H20N2O4. The van der Waals surface area contributed by atoms with Crippen molar-refractivity contribution in [1.29, 1.82) is 0 Å². The summed E-state index contributed by atoms with van der Waals surface area (Å²) in [6.45, 7) is 2.19. The van der Waals surface area contributed by atoms with Gasteiger partial charge in [-0.2, -0.15) is 0 Å². The number of anilines is 1. The molecule has 2 fully saturated rings. The molecule has 0 spiro atoms. The summed E-state index contributed by atoms with van der Waals surface area (Å²) in [5.74, 6) is 0.266. The highest BCUT2D eigenvalue weighted by molar-refractivity contribution is 6.13. The highest BCUT2D eigenvalue weighted by Gasteiger charge is 2.58. The van der Waals surface area contributed by atoms with Crippen molar-refractivity contribution in [2.45, 2.75) is 12.8 Å². The number of hydrogen-bond donors (Lipinski definition) is 1. The van der Waals surface area contributed by atoms with Gasteiger partial charge >= 0.3 is 0 Å². The van der Waals surface area contributed by atoms with E-state index in [4.69, 9.17) is 9.47 Å². The maximum absolute atomic E-state index is 12.6. The number of nitrogens with zero attached hydrogens (tertiary/aromatic N) is 1. The number of nitrogens with one attached hydrogen (secondary N) is 1. The van der Waals surface area contributed by atoms with Gasteiger partial charge in [0.15, 0.2) is 0 Å². The Bertz CT molecular complexity index is 577. The third kappa shape index (κ3) is 2.66. The van der Waals surface area contributed by atoms with Crippen LogP contribution in [0.15, 0.2) is 24.3 Å². The predicted molar refractivity (Wildman–Crippen MR) is 80.7 cm³/mol. The van der Waals surface area contributed by atoms with E-state index >= 15 is 0 Å². The summed E-state index contributed by atoms with van der Waals surface area (Å²) in [5.41, 5.74) is -0.311. The lowest BCUT2D eigenvalue weighted by molar-refractivity contribution is -0.145. The first kappa shape index (κ1) is 14.8. The van der Waals surface area contributed by atoms with Gasteiger partial charge in [0, 0.05) is 13.1 Å². The maximum Gasteiger partial charge on any atom is 0.240 e. The molecule has 0 radical (unpaired) electrons. The van der Waals surface area contributed by atoms with E-state index in [1.807, 2.05) is 12.1 Å². The average molecular weight is 304 g/mol. The molecule has 1 saturated carbocycles. The zero-order chi connectivity index (χ0) is 15.6. The zero-order valence-corrected chi connectivity index (χ0v) is 12.6. The van der Waals surface area contributed by atoms with Gasteiger partial charge in [-0.25, -0.2) is 0 Å². The number of hydrogen-bond acceptors (Lipinski definition) is 4. The summed E-state index contributed by atoms with van der Waals surface area (Å²) < 4.78 is 10.5. The topological polar surface area (TPSA) is 67.9 Å². The zero-order valence-electron chi connectivity index (χ0n) is 12.6. The first-order valence-corrected chi connectivity index (χ1v) is 7.49. The van der Waals surface area contributed by atoms with Crippen molar-refractivity contribution in [3.05, 3.63) is 24.3 Å². The normalized spacial score (nSPS) is 19.4. The monoisotopic (exact) mass is 304 g/mol. The molecule has 1 heterocycles. The lowest BCUT2D eigenvalue weighted by Gasteiger charge is -2.30. The van der Waals surface area contributed by atoms with Gasteiger partial charge in [0.2, 0.25) is 11.8 Å². The Labute approximate surface area is 129 Å². The molecule has 0 atom stereocenters. The fourth-order valence-electron chi connectivity index (χ4n) is 2.72. The minimum absolute atomic E-state index is 0.0804. The van der Waals surface area contributed by atoms with E-state index < -0.39 is 5.41 Å². The van der Waals surface area contributed by atoms with Gasteiger partial charge in [-0.05, 0) is 25.0 Å². The summed E-state index contributed by atoms with van der Waals surface area (Å²) in [4.78, 5) is 27.0. The summed E-state index contributed by atoms with van der Waals surface area (Å²) in [6.07, 6.45) is 1.20. The molecule has 1 aromatic rings. The third-order valence-electron chi connectivity index (χ3n) is 4.25. The molecule has 6 nitrogen and oxygen atoms in total. The molecule has 6 heteroatoms. The lowest BCUT2D eigenvalue weighted by Crippen LogP contribution is -2.47. The van der Waals surface area contributed by atoms with Crippen molar-refractivity contribution in [1.82, 2.24) is 4.90 Å². The molecule has 118 valence electrons. The molecule has 3 rings (SSSR count). The second-order valence-electron chi connectivity index (χ2n) is 5.64. The van der Waals surface area contributed by atoms with E-state index in [0.29, 0.717) is 50.6 Å². The van der Waals surface area contributed by atoms with E-state index in [1.54, 1.807) is 24.1 Å². The number of para-hydroxylation sites is 2. The molecular weight excluding hydrogens is 284 g/mol. The second kappa shape index (κ2) is 5.96. The fourth-order valence-corrected chi connectivity index (χ4v) is 2.72. The molecule has 1 aliphatic heterocycles. The number of carbonyl (C=O) groups is 2. The highest BCUT2D eigenvalue weighted by atomic mass is 16.5. The standard InChI is InChI=1S/C16H20N2O4/c1-21-13-5-3-2-4-12(13)17-14(19)16(6-7-16)15(20)18-8-10-22-11-9-18/h2-5H,6-11H2,1H3,(H,17,19). The van der Waals surface area contributed by atoms with Crippen molar-refractivity contribution in [3.63, 3.8) is 0 Å². The van der Waals surface area contributed by atoms with E-state index in [2.05, 4.69) is 5.32 Å². The molecule has 22 heavy (non-hydrogen) atoms. The number of rotatable bonds is 4. The number of ether oxygens (including phenoxy) is 2. The van der Waals surface area contributed by atoms with Crippen LogP contribution in [0, 0.1) is 5.41 Å². The van der Waals surface area contributed by atoms with Crippen LogP contribution in [0.3, 0.4) is 0 Å². The quantitative estimate of drug-likeness (QED) is 0.851. The van der Waals surface area contributed by atoms with Crippen molar-refractivity contribution in [2.75, 3.05) is 38.7 Å². The van der Waals surface area contributed by atoms with Crippen LogP contribution in [0.5, 0.6) is 5.75 Å². The van der Waals surface area contributed by atoms with Crippen LogP contribution >= 0.6 is 0 Å². The molecule has 0 aromatic heterocycles. The van der Waals surface area contributed by atoms with Crippen molar-refractivity contribution >= 4 is 17.5 Å². The molecule has 1 N–H and O–H groups in total. The molecule has 0 bridgehead atoms. The van der Waals surface area contributed by atoms with E-state index in [1.165, 1.54) is 0 Å².